The van der Waals surface area contributed by atoms with Gasteiger partial charge in [-0.25, -0.2) is 0 Å². The molecule has 0 nitrogen and oxygen atoms in total. The van der Waals surface area contributed by atoms with E-state index in [1.54, 1.807) is 17.7 Å². The summed E-state index contributed by atoms with van der Waals surface area (Å²) in [5, 5.41) is 0. The molecule has 0 saturated heterocycles. The number of hydrogen-bond donors (Lipinski definition) is 0. The molecule has 0 rings (SSSR count). The van der Waals surface area contributed by atoms with Crippen molar-refractivity contribution in [2.75, 3.05) is 0 Å². The van der Waals surface area contributed by atoms with E-state index in [0.717, 1.165) is 0 Å². The van der Waals surface area contributed by atoms with Crippen molar-refractivity contribution in [2.45, 2.75) is 0 Å². The molecule has 0 heterocycles. The van der Waals surface area contributed by atoms with Crippen molar-refractivity contribution in [1.29, 1.82) is 0 Å². The Morgan fingerprint density at radius 1 is 1.25 bits per heavy atom. The van der Waals surface area contributed by atoms with E-state index in [0.29, 0.717) is 0 Å². The summed E-state index contributed by atoms with van der Waals surface area (Å²) in [5.41, 5.74) is 0. The van der Waals surface area contributed by atoms with Gasteiger partial charge >= 0.3 is 31.1 Å². The largest absolute Gasteiger partial charge is 0 e. The Balaban J connectivity index is -0.00000000500. The Bertz CT molecular complexity index is 8.00. The van der Waals surface area contributed by atoms with Gasteiger partial charge in [0.2, 0.25) is 0 Å². The molecule has 0 spiro atoms. The zero-order chi connectivity index (χ0) is 2.00. The first-order chi connectivity index (χ1) is 1.00. The van der Waals surface area contributed by atoms with Gasteiger partial charge in [0.1, 0.15) is 0 Å². The summed E-state index contributed by atoms with van der Waals surface area (Å²) >= 11 is 4.96. The maximum absolute atomic E-state index is 3.26. The molecule has 0 bridgehead atoms. The molecular weight excluding hydrogens is 230 g/mol. The van der Waals surface area contributed by atoms with Crippen LogP contribution in [0.4, 0.5) is 0 Å². The van der Waals surface area contributed by atoms with Crippen molar-refractivity contribution in [1.82, 2.24) is 0 Å². The summed E-state index contributed by atoms with van der Waals surface area (Å²) in [5.74, 6) is 0. The van der Waals surface area contributed by atoms with Crippen molar-refractivity contribution in [3.8, 4) is 0 Å². The second-order valence-corrected chi connectivity index (χ2v) is 0. The molecule has 0 N–H and O–H groups in total. The van der Waals surface area contributed by atoms with Gasteiger partial charge in [-0.15, -0.1) is 0 Å². The predicted octanol–water partition coefficient (Wildman–Crippen LogP) is -1.19. The van der Waals surface area contributed by atoms with Crippen LogP contribution in [0.5, 0.6) is 0 Å². The van der Waals surface area contributed by atoms with Gasteiger partial charge < -0.3 is 0 Å². The molecular formula is H3AlFeMoV. The van der Waals surface area contributed by atoms with Crippen LogP contribution in [-0.2, 0) is 49.7 Å². The Hall–Kier alpha value is 2.32. The fourth-order valence-electron chi connectivity index (χ4n) is 0. The van der Waals surface area contributed by atoms with E-state index in [1.165, 1.54) is 0 Å². The molecule has 25 valence electrons. The third-order valence-electron chi connectivity index (χ3n) is 0. The summed E-state index contributed by atoms with van der Waals surface area (Å²) in [6.07, 6.45) is 0. The van der Waals surface area contributed by atoms with Crippen molar-refractivity contribution in [2.24, 2.45) is 0 Å². The average Bonchev–Trinajstić information content (AvgIpc) is 1.00. The molecule has 0 saturated carbocycles. The van der Waals surface area contributed by atoms with Crippen molar-refractivity contribution in [3.05, 3.63) is 0 Å². The van der Waals surface area contributed by atoms with Gasteiger partial charge in [-0.05, 0) is 0 Å². The average molecular weight is 233 g/mol. The summed E-state index contributed by atoms with van der Waals surface area (Å²) in [7, 11) is 0. The van der Waals surface area contributed by atoms with Crippen LogP contribution < -0.4 is 0 Å². The zero-order valence-corrected chi connectivity index (χ0v) is 5.72. The van der Waals surface area contributed by atoms with Gasteiger partial charge in [0.25, 0.3) is 0 Å². The second kappa shape index (κ2) is 18.4. The molecule has 0 atom stereocenters. The Morgan fingerprint density at radius 3 is 1.25 bits per heavy atom. The van der Waals surface area contributed by atoms with Gasteiger partial charge in [-0.3, -0.25) is 0 Å². The van der Waals surface area contributed by atoms with Crippen LogP contribution in [0.2, 0.25) is 0 Å². The van der Waals surface area contributed by atoms with E-state index >= 15 is 0 Å². The Morgan fingerprint density at radius 2 is 1.25 bits per heavy atom. The molecule has 0 aromatic rings. The van der Waals surface area contributed by atoms with Gasteiger partial charge in [-0.2, -0.15) is 0 Å². The first-order valence-electron chi connectivity index (χ1n) is 0.144. The van der Waals surface area contributed by atoms with Crippen LogP contribution in [0, 0.1) is 0 Å². The van der Waals surface area contributed by atoms with Crippen LogP contribution in [0.1, 0.15) is 0 Å². The summed E-state index contributed by atoms with van der Waals surface area (Å²) in [4.78, 5) is 0. The molecule has 0 aromatic heterocycles. The van der Waals surface area contributed by atoms with Crippen LogP contribution >= 0.6 is 0 Å². The molecule has 0 aliphatic heterocycles. The summed E-state index contributed by atoms with van der Waals surface area (Å²) < 4.78 is 0. The minimum atomic E-state index is 0. The van der Waals surface area contributed by atoms with E-state index in [-0.39, 0.29) is 35.9 Å². The van der Waals surface area contributed by atoms with Gasteiger partial charge in [0.15, 0.2) is 17.4 Å². The quantitative estimate of drug-likeness (QED) is 0.461. The monoisotopic (exact) mass is 235 g/mol. The van der Waals surface area contributed by atoms with E-state index in [9.17, 15) is 0 Å². The summed E-state index contributed by atoms with van der Waals surface area (Å²) in [6, 6.07) is 0. The number of hydrogen-bond acceptors (Lipinski definition) is 0. The van der Waals surface area contributed by atoms with Gasteiger partial charge in [0, 0.05) is 18.6 Å². The molecule has 4 heteroatoms. The third kappa shape index (κ3) is 8.85. The first kappa shape index (κ1) is 16.2. The third-order valence-corrected chi connectivity index (χ3v) is 0. The van der Waals surface area contributed by atoms with E-state index in [4.69, 9.17) is 0 Å². The fraction of sp³-hybridized carbons (Fsp3) is 0. The van der Waals surface area contributed by atoms with Gasteiger partial charge in [-0.1, -0.05) is 0 Å². The van der Waals surface area contributed by atoms with E-state index in [2.05, 4.69) is 13.4 Å². The molecule has 0 fully saturated rings. The maximum Gasteiger partial charge on any atom is 0 e. The summed E-state index contributed by atoms with van der Waals surface area (Å²) in [6.45, 7) is 0. The van der Waals surface area contributed by atoms with Crippen LogP contribution in [0.3, 0.4) is 0 Å². The molecule has 0 aromatic carbocycles. The predicted molar refractivity (Wildman–Crippen MR) is 9.94 cm³/mol. The first-order valence-corrected chi connectivity index (χ1v) is 3.52. The number of rotatable bonds is 0. The molecule has 0 amide bonds. The Labute approximate surface area is 66.2 Å². The smallest absolute Gasteiger partial charge is 0 e. The van der Waals surface area contributed by atoms with Crippen molar-refractivity contribution < 1.29 is 49.7 Å². The Kier molecular flexibility index (Phi) is 74.7. The molecule has 1 radical (unpaired) electrons. The van der Waals surface area contributed by atoms with Crippen molar-refractivity contribution in [3.63, 3.8) is 0 Å². The molecule has 0 unspecified atom stereocenters. The topological polar surface area (TPSA) is 0 Å². The minimum Gasteiger partial charge on any atom is 0 e. The maximum atomic E-state index is 3.26. The molecule has 0 aliphatic rings. The molecule has 4 heavy (non-hydrogen) atoms. The molecule has 0 aliphatic carbocycles. The fourth-order valence-corrected chi connectivity index (χ4v) is 0. The van der Waals surface area contributed by atoms with Crippen LogP contribution in [0.15, 0.2) is 0 Å². The van der Waals surface area contributed by atoms with Gasteiger partial charge in [0.05, 0.1) is 0 Å². The normalized spacial score (nSPS) is 1.25. The van der Waals surface area contributed by atoms with E-state index in [1.807, 2.05) is 0 Å². The van der Waals surface area contributed by atoms with Crippen molar-refractivity contribution >= 4 is 17.4 Å². The zero-order valence-electron chi connectivity index (χ0n) is 1.21. The van der Waals surface area contributed by atoms with Crippen LogP contribution in [0.25, 0.3) is 0 Å². The SMILES string of the molecule is [AlH3].[Fe][Mo].[V]. The minimum absolute atomic E-state index is 0. The standard InChI is InChI=1S/Al.Fe.Mo.V.3H. The second-order valence-electron chi connectivity index (χ2n) is 0. The van der Waals surface area contributed by atoms with E-state index < -0.39 is 0 Å². The van der Waals surface area contributed by atoms with Crippen LogP contribution in [-0.4, -0.2) is 17.4 Å².